The Balaban J connectivity index is 0.000000218. The molecule has 0 unspecified atom stereocenters. The average molecular weight is 154 g/mol. The van der Waals surface area contributed by atoms with E-state index in [2.05, 4.69) is 0 Å². The second-order valence-corrected chi connectivity index (χ2v) is 1.97. The fraction of sp³-hybridized carbons (Fsp3) is 0.143. The van der Waals surface area contributed by atoms with E-state index >= 15 is 0 Å². The molecule has 1 aromatic rings. The minimum absolute atomic E-state index is 0.322. The first-order valence-corrected chi connectivity index (χ1v) is 3.23. The van der Waals surface area contributed by atoms with Crippen LogP contribution in [-0.4, -0.2) is 22.3 Å². The molecule has 1 aromatic carbocycles. The Hall–Kier alpha value is -0.995. The van der Waals surface area contributed by atoms with Crippen molar-refractivity contribution in [1.29, 1.82) is 0 Å². The molecule has 0 fully saturated rings. The summed E-state index contributed by atoms with van der Waals surface area (Å²) >= 11 is 0. The zero-order valence-electron chi connectivity index (χ0n) is 6.31. The van der Waals surface area contributed by atoms with E-state index in [1.54, 1.807) is 24.3 Å². The number of rotatable bonds is 0. The summed E-state index contributed by atoms with van der Waals surface area (Å²) in [4.78, 5) is 0. The molecule has 0 bridgehead atoms. The monoisotopic (exact) mass is 154 g/mol. The maximum absolute atomic E-state index is 8.63. The van der Waals surface area contributed by atoms with E-state index in [-0.39, 0.29) is 0 Å². The Morgan fingerprint density at radius 1 is 1.09 bits per heavy atom. The van der Waals surface area contributed by atoms with E-state index in [9.17, 15) is 0 Å². The number of aromatic hydroxyl groups is 1. The molecule has 0 saturated carbocycles. The highest BCUT2D eigenvalue weighted by molar-refractivity contribution is 6.38. The molecule has 0 radical (unpaired) electrons. The molecule has 0 aliphatic heterocycles. The van der Waals surface area contributed by atoms with Gasteiger partial charge in [0.1, 0.15) is 5.75 Å². The zero-order chi connectivity index (χ0) is 8.69. The molecule has 0 atom stereocenters. The van der Waals surface area contributed by atoms with Gasteiger partial charge >= 0.3 is 7.12 Å². The van der Waals surface area contributed by atoms with Crippen LogP contribution in [0.1, 0.15) is 0 Å². The maximum Gasteiger partial charge on any atom is 0.448 e. The smallest absolute Gasteiger partial charge is 0.448 e. The van der Waals surface area contributed by atoms with Crippen LogP contribution in [0.3, 0.4) is 0 Å². The van der Waals surface area contributed by atoms with Crippen molar-refractivity contribution in [3.05, 3.63) is 30.3 Å². The van der Waals surface area contributed by atoms with Crippen LogP contribution in [0.4, 0.5) is 0 Å². The predicted molar refractivity (Wildman–Crippen MR) is 44.2 cm³/mol. The van der Waals surface area contributed by atoms with Crippen LogP contribution in [0, 0.1) is 0 Å². The number of para-hydroxylation sites is 1. The Kier molecular flexibility index (Phi) is 5.24. The van der Waals surface area contributed by atoms with Gasteiger partial charge in [-0.2, -0.15) is 0 Å². The van der Waals surface area contributed by atoms with Crippen molar-refractivity contribution >= 4 is 7.12 Å². The first kappa shape index (κ1) is 10.0. The lowest BCUT2D eigenvalue weighted by atomic mass is 9.99. The summed E-state index contributed by atoms with van der Waals surface area (Å²) in [7, 11) is -1.17. The van der Waals surface area contributed by atoms with Crippen molar-refractivity contribution in [2.24, 2.45) is 0 Å². The minimum atomic E-state index is -1.17. The summed E-state index contributed by atoms with van der Waals surface area (Å²) < 4.78 is 0. The molecule has 3 N–H and O–H groups in total. The van der Waals surface area contributed by atoms with Crippen LogP contribution >= 0.6 is 0 Å². The lowest BCUT2D eigenvalue weighted by Gasteiger charge is -1.82. The van der Waals surface area contributed by atoms with Crippen molar-refractivity contribution in [3.8, 4) is 5.75 Å². The number of phenolic OH excluding ortho intramolecular Hbond substituents is 1. The van der Waals surface area contributed by atoms with Gasteiger partial charge in [0.05, 0.1) is 0 Å². The van der Waals surface area contributed by atoms with Crippen molar-refractivity contribution in [2.75, 3.05) is 0 Å². The molecule has 0 aliphatic rings. The molecule has 60 valence electrons. The summed E-state index contributed by atoms with van der Waals surface area (Å²) in [6, 6.07) is 8.71. The molecule has 11 heavy (non-hydrogen) atoms. The predicted octanol–water partition coefficient (Wildman–Crippen LogP) is 0.481. The SMILES string of the molecule is CB(O)O.Oc1ccccc1. The third kappa shape index (κ3) is 9.00. The Labute approximate surface area is 66.1 Å². The number of phenols is 1. The lowest BCUT2D eigenvalue weighted by molar-refractivity contribution is 0.417. The molecule has 0 aliphatic carbocycles. The molecule has 0 amide bonds. The Morgan fingerprint density at radius 3 is 1.64 bits per heavy atom. The third-order valence-electron chi connectivity index (χ3n) is 0.756. The number of hydrogen-bond donors (Lipinski definition) is 3. The van der Waals surface area contributed by atoms with Crippen LogP contribution in [0.15, 0.2) is 30.3 Å². The molecule has 0 heterocycles. The summed E-state index contributed by atoms with van der Waals surface area (Å²) in [5.41, 5.74) is 0. The normalized spacial score (nSPS) is 7.91. The minimum Gasteiger partial charge on any atom is -0.508 e. The lowest BCUT2D eigenvalue weighted by Crippen LogP contribution is -2.00. The van der Waals surface area contributed by atoms with Crippen LogP contribution in [0.2, 0.25) is 6.82 Å². The maximum atomic E-state index is 8.63. The van der Waals surface area contributed by atoms with Crippen LogP contribution in [-0.2, 0) is 0 Å². The fourth-order valence-electron chi connectivity index (χ4n) is 0.428. The van der Waals surface area contributed by atoms with E-state index in [1.165, 1.54) is 6.82 Å². The summed E-state index contributed by atoms with van der Waals surface area (Å²) in [6.45, 7) is 1.28. The van der Waals surface area contributed by atoms with Gasteiger partial charge in [-0.1, -0.05) is 18.2 Å². The van der Waals surface area contributed by atoms with Gasteiger partial charge in [0.25, 0.3) is 0 Å². The molecule has 0 aromatic heterocycles. The first-order chi connectivity index (χ1) is 5.13. The van der Waals surface area contributed by atoms with Gasteiger partial charge < -0.3 is 15.2 Å². The van der Waals surface area contributed by atoms with E-state index < -0.39 is 7.12 Å². The Morgan fingerprint density at radius 2 is 1.45 bits per heavy atom. The van der Waals surface area contributed by atoms with Crippen molar-refractivity contribution in [3.63, 3.8) is 0 Å². The van der Waals surface area contributed by atoms with E-state index in [0.29, 0.717) is 5.75 Å². The van der Waals surface area contributed by atoms with E-state index in [0.717, 1.165) is 0 Å². The van der Waals surface area contributed by atoms with E-state index in [4.69, 9.17) is 15.2 Å². The van der Waals surface area contributed by atoms with Crippen LogP contribution in [0.5, 0.6) is 5.75 Å². The number of hydrogen-bond acceptors (Lipinski definition) is 3. The topological polar surface area (TPSA) is 60.7 Å². The van der Waals surface area contributed by atoms with Gasteiger partial charge in [-0.05, 0) is 19.0 Å². The molecule has 4 heteroatoms. The Bertz CT molecular complexity index is 174. The van der Waals surface area contributed by atoms with Crippen LogP contribution in [0.25, 0.3) is 0 Å². The molecule has 0 spiro atoms. The zero-order valence-corrected chi connectivity index (χ0v) is 6.31. The second-order valence-electron chi connectivity index (χ2n) is 1.97. The molecular formula is C7H11BO3. The number of benzene rings is 1. The highest BCUT2D eigenvalue weighted by Gasteiger charge is 1.86. The second kappa shape index (κ2) is 5.76. The van der Waals surface area contributed by atoms with E-state index in [1.807, 2.05) is 6.07 Å². The van der Waals surface area contributed by atoms with Crippen molar-refractivity contribution < 1.29 is 15.2 Å². The van der Waals surface area contributed by atoms with Crippen molar-refractivity contribution in [2.45, 2.75) is 6.82 Å². The highest BCUT2D eigenvalue weighted by Crippen LogP contribution is 2.02. The third-order valence-corrected chi connectivity index (χ3v) is 0.756. The standard InChI is InChI=1S/C6H6O.CH5BO2/c7-6-4-2-1-3-5-6;1-2(3)4/h1-5,7H;3-4H,1H3. The largest absolute Gasteiger partial charge is 0.508 e. The average Bonchev–Trinajstić information content (AvgIpc) is 1.87. The molecule has 1 rings (SSSR count). The summed E-state index contributed by atoms with van der Waals surface area (Å²) in [6.07, 6.45) is 0. The first-order valence-electron chi connectivity index (χ1n) is 3.23. The summed E-state index contributed by atoms with van der Waals surface area (Å²) in [5, 5.41) is 23.9. The fourth-order valence-corrected chi connectivity index (χ4v) is 0.428. The molecular weight excluding hydrogens is 143 g/mol. The van der Waals surface area contributed by atoms with Crippen LogP contribution < -0.4 is 0 Å². The highest BCUT2D eigenvalue weighted by atomic mass is 16.4. The van der Waals surface area contributed by atoms with Gasteiger partial charge in [-0.15, -0.1) is 0 Å². The van der Waals surface area contributed by atoms with Gasteiger partial charge in [0.2, 0.25) is 0 Å². The summed E-state index contributed by atoms with van der Waals surface area (Å²) in [5.74, 6) is 0.322. The van der Waals surface area contributed by atoms with Gasteiger partial charge in [0, 0.05) is 0 Å². The van der Waals surface area contributed by atoms with Gasteiger partial charge in [0.15, 0.2) is 0 Å². The van der Waals surface area contributed by atoms with Gasteiger partial charge in [-0.3, -0.25) is 0 Å². The van der Waals surface area contributed by atoms with Crippen molar-refractivity contribution in [1.82, 2.24) is 0 Å². The molecule has 3 nitrogen and oxygen atoms in total. The quantitative estimate of drug-likeness (QED) is 0.476. The molecule has 0 saturated heterocycles. The van der Waals surface area contributed by atoms with Gasteiger partial charge in [-0.25, -0.2) is 0 Å².